The molecule has 0 amide bonds. The predicted octanol–water partition coefficient (Wildman–Crippen LogP) is 5.34. The maximum Gasteiger partial charge on any atom is 0.159 e. The third kappa shape index (κ3) is 4.43. The van der Waals surface area contributed by atoms with Gasteiger partial charge in [-0.15, -0.1) is 0 Å². The van der Waals surface area contributed by atoms with Gasteiger partial charge in [0.2, 0.25) is 0 Å². The number of thioether (sulfide) groups is 1. The number of hydrogen-bond donors (Lipinski definition) is 3. The van der Waals surface area contributed by atoms with Crippen molar-refractivity contribution in [2.24, 2.45) is 0 Å². The summed E-state index contributed by atoms with van der Waals surface area (Å²) >= 11 is 1.89. The number of aromatic amines is 2. The molecule has 5 rings (SSSR count). The number of H-pyrrole nitrogens is 2. The molecule has 3 N–H and O–H groups in total. The van der Waals surface area contributed by atoms with Crippen LogP contribution >= 0.6 is 11.8 Å². The first-order valence-corrected chi connectivity index (χ1v) is 12.8. The highest BCUT2D eigenvalue weighted by atomic mass is 32.2. The molecule has 0 bridgehead atoms. The van der Waals surface area contributed by atoms with E-state index in [0.29, 0.717) is 5.75 Å². The highest BCUT2D eigenvalue weighted by molar-refractivity contribution is 7.98. The predicted molar refractivity (Wildman–Crippen MR) is 138 cm³/mol. The van der Waals surface area contributed by atoms with Crippen LogP contribution in [0.25, 0.3) is 39.1 Å². The van der Waals surface area contributed by atoms with Gasteiger partial charge in [0.1, 0.15) is 11.4 Å². The van der Waals surface area contributed by atoms with Gasteiger partial charge >= 0.3 is 0 Å². The molecule has 0 saturated heterocycles. The Balaban J connectivity index is 1.42. The van der Waals surface area contributed by atoms with Gasteiger partial charge in [0.15, 0.2) is 5.82 Å². The van der Waals surface area contributed by atoms with Crippen LogP contribution in [-0.4, -0.2) is 61.8 Å². The number of nitrogens with zero attached hydrogens (tertiary/aromatic N) is 3. The lowest BCUT2D eigenvalue weighted by molar-refractivity contribution is 0.324. The molecule has 0 spiro atoms. The first kappa shape index (κ1) is 21.8. The van der Waals surface area contributed by atoms with Crippen LogP contribution < -0.4 is 0 Å². The summed E-state index contributed by atoms with van der Waals surface area (Å²) in [5, 5.41) is 18.6. The van der Waals surface area contributed by atoms with Crippen molar-refractivity contribution < 1.29 is 5.11 Å². The average Bonchev–Trinajstić information content (AvgIpc) is 3.49. The Bertz CT molecular complexity index is 1310. The third-order valence-electron chi connectivity index (χ3n) is 6.32. The molecule has 0 aliphatic carbocycles. The molecule has 0 fully saturated rings. The Morgan fingerprint density at radius 1 is 1.18 bits per heavy atom. The Morgan fingerprint density at radius 3 is 2.94 bits per heavy atom. The third-order valence-corrected chi connectivity index (χ3v) is 6.91. The maximum atomic E-state index is 9.83. The number of aromatic nitrogens is 4. The molecule has 6 nitrogen and oxygen atoms in total. The van der Waals surface area contributed by atoms with E-state index >= 15 is 0 Å². The fourth-order valence-corrected chi connectivity index (χ4v) is 4.97. The fourth-order valence-electron chi connectivity index (χ4n) is 4.53. The molecule has 33 heavy (non-hydrogen) atoms. The van der Waals surface area contributed by atoms with E-state index in [1.54, 1.807) is 6.07 Å². The van der Waals surface area contributed by atoms with E-state index in [4.69, 9.17) is 4.98 Å². The van der Waals surface area contributed by atoms with Gasteiger partial charge in [0, 0.05) is 37.0 Å². The van der Waals surface area contributed by atoms with Gasteiger partial charge < -0.3 is 10.1 Å². The number of phenols is 1. The number of hydrogen-bond acceptors (Lipinski definition) is 5. The van der Waals surface area contributed by atoms with Crippen molar-refractivity contribution >= 4 is 28.2 Å². The van der Waals surface area contributed by atoms with Crippen molar-refractivity contribution in [1.29, 1.82) is 0 Å². The van der Waals surface area contributed by atoms with Crippen molar-refractivity contribution in [3.8, 4) is 28.4 Å². The van der Waals surface area contributed by atoms with Crippen LogP contribution in [0.2, 0.25) is 0 Å². The molecule has 7 heteroatoms. The summed E-state index contributed by atoms with van der Waals surface area (Å²) in [4.78, 5) is 10.7. The second kappa shape index (κ2) is 9.45. The molecule has 2 aromatic carbocycles. The van der Waals surface area contributed by atoms with Crippen LogP contribution in [0.1, 0.15) is 24.6 Å². The summed E-state index contributed by atoms with van der Waals surface area (Å²) in [5.41, 5.74) is 7.44. The van der Waals surface area contributed by atoms with Gasteiger partial charge in [-0.3, -0.25) is 10.00 Å². The molecule has 1 aliphatic rings. The van der Waals surface area contributed by atoms with E-state index < -0.39 is 0 Å². The molecule has 2 aromatic heterocycles. The van der Waals surface area contributed by atoms with Crippen LogP contribution in [-0.2, 0) is 6.42 Å². The standard InChI is InChI=1S/C26H29N5OS/c1-3-17-13-20(32)7-9-21(17)18-6-8-22-23(14-18)29-30-25(22)26-27-15-24(28-26)19-5-4-10-31(16-19)11-12-33-2/h5-9,13-15,32H,3-4,10-12,16H2,1-2H3,(H,27,28)(H,29,30). The number of phenolic OH excluding ortho intramolecular Hbond substituents is 1. The Hall–Kier alpha value is -3.03. The molecular weight excluding hydrogens is 430 g/mol. The van der Waals surface area contributed by atoms with Crippen LogP contribution in [0.3, 0.4) is 0 Å². The summed E-state index contributed by atoms with van der Waals surface area (Å²) in [7, 11) is 0. The number of aryl methyl sites for hydroxylation is 1. The van der Waals surface area contributed by atoms with E-state index in [1.807, 2.05) is 30.1 Å². The zero-order valence-electron chi connectivity index (χ0n) is 19.1. The van der Waals surface area contributed by atoms with Gasteiger partial charge in [-0.2, -0.15) is 16.9 Å². The number of imidazole rings is 1. The smallest absolute Gasteiger partial charge is 0.159 e. The number of aromatic hydroxyl groups is 1. The minimum Gasteiger partial charge on any atom is -0.508 e. The van der Waals surface area contributed by atoms with E-state index in [1.165, 1.54) is 5.57 Å². The summed E-state index contributed by atoms with van der Waals surface area (Å²) < 4.78 is 0. The van der Waals surface area contributed by atoms with Crippen molar-refractivity contribution in [2.45, 2.75) is 19.8 Å². The summed E-state index contributed by atoms with van der Waals surface area (Å²) in [6, 6.07) is 11.9. The second-order valence-corrected chi connectivity index (χ2v) is 9.43. The summed E-state index contributed by atoms with van der Waals surface area (Å²) in [5.74, 6) is 2.24. The topological polar surface area (TPSA) is 80.8 Å². The molecule has 3 heterocycles. The lowest BCUT2D eigenvalue weighted by Gasteiger charge is -2.26. The highest BCUT2D eigenvalue weighted by Gasteiger charge is 2.18. The second-order valence-electron chi connectivity index (χ2n) is 8.45. The van der Waals surface area contributed by atoms with Crippen LogP contribution in [0.5, 0.6) is 5.75 Å². The lowest BCUT2D eigenvalue weighted by Crippen LogP contribution is -2.31. The van der Waals surface area contributed by atoms with Gasteiger partial charge in [0.05, 0.1) is 11.2 Å². The Labute approximate surface area is 198 Å². The summed E-state index contributed by atoms with van der Waals surface area (Å²) in [6.07, 6.45) is 8.39. The van der Waals surface area contributed by atoms with Crippen LogP contribution in [0.4, 0.5) is 0 Å². The van der Waals surface area contributed by atoms with E-state index in [-0.39, 0.29) is 0 Å². The minimum absolute atomic E-state index is 0.301. The average molecular weight is 460 g/mol. The van der Waals surface area contributed by atoms with Crippen molar-refractivity contribution in [1.82, 2.24) is 25.1 Å². The molecule has 170 valence electrons. The zero-order valence-corrected chi connectivity index (χ0v) is 19.9. The quantitative estimate of drug-likeness (QED) is 0.348. The molecule has 0 unspecified atom stereocenters. The zero-order chi connectivity index (χ0) is 22.8. The normalized spacial score (nSPS) is 14.7. The molecule has 0 radical (unpaired) electrons. The lowest BCUT2D eigenvalue weighted by atomic mass is 9.97. The highest BCUT2D eigenvalue weighted by Crippen LogP contribution is 2.32. The van der Waals surface area contributed by atoms with Crippen LogP contribution in [0.15, 0.2) is 48.7 Å². The maximum absolute atomic E-state index is 9.83. The Morgan fingerprint density at radius 2 is 2.09 bits per heavy atom. The number of fused-ring (bicyclic) bond motifs is 1. The van der Waals surface area contributed by atoms with E-state index in [9.17, 15) is 5.11 Å². The largest absolute Gasteiger partial charge is 0.508 e. The first-order chi connectivity index (χ1) is 16.2. The fraction of sp³-hybridized carbons (Fsp3) is 0.308. The molecule has 0 saturated carbocycles. The van der Waals surface area contributed by atoms with Crippen molar-refractivity contribution in [3.63, 3.8) is 0 Å². The number of rotatable bonds is 7. The summed E-state index contributed by atoms with van der Waals surface area (Å²) in [6.45, 7) is 5.28. The van der Waals surface area contributed by atoms with Crippen LogP contribution in [0, 0.1) is 0 Å². The molecule has 0 atom stereocenters. The first-order valence-electron chi connectivity index (χ1n) is 11.4. The minimum atomic E-state index is 0.301. The van der Waals surface area contributed by atoms with Crippen molar-refractivity contribution in [2.75, 3.05) is 31.6 Å². The van der Waals surface area contributed by atoms with Gasteiger partial charge in [0.25, 0.3) is 0 Å². The van der Waals surface area contributed by atoms with Gasteiger partial charge in [-0.05, 0) is 65.6 Å². The number of nitrogens with one attached hydrogen (secondary N) is 2. The Kier molecular flexibility index (Phi) is 6.24. The van der Waals surface area contributed by atoms with E-state index in [2.05, 4.69) is 57.5 Å². The monoisotopic (exact) mass is 459 g/mol. The number of benzene rings is 2. The SMILES string of the molecule is CCc1cc(O)ccc1-c1ccc2c(-c3nc(C4=CCCN(CCSC)C4)c[nH]3)n[nH]c2c1. The van der Waals surface area contributed by atoms with E-state index in [0.717, 1.165) is 83.0 Å². The van der Waals surface area contributed by atoms with Gasteiger partial charge in [-0.25, -0.2) is 4.98 Å². The molecule has 4 aromatic rings. The molecular formula is C26H29N5OS. The van der Waals surface area contributed by atoms with Gasteiger partial charge in [-0.1, -0.05) is 25.1 Å². The van der Waals surface area contributed by atoms with Crippen molar-refractivity contribution in [3.05, 3.63) is 59.9 Å². The molecule has 1 aliphatic heterocycles.